The molecule has 0 aliphatic carbocycles. The molecule has 0 aromatic rings. The lowest BCUT2D eigenvalue weighted by Gasteiger charge is -2.31. The maximum atomic E-state index is 3.92. The van der Waals surface area contributed by atoms with Gasteiger partial charge in [0.1, 0.15) is 0 Å². The molecule has 0 spiro atoms. The van der Waals surface area contributed by atoms with Crippen LogP contribution in [0.15, 0.2) is 48.9 Å². The third kappa shape index (κ3) is 6.55. The van der Waals surface area contributed by atoms with Gasteiger partial charge in [-0.3, -0.25) is 0 Å². The molecule has 0 unspecified atom stereocenters. The van der Waals surface area contributed by atoms with E-state index < -0.39 is 0 Å². The molecule has 0 rings (SSSR count). The second kappa shape index (κ2) is 9.55. The fourth-order valence-corrected chi connectivity index (χ4v) is 2.05. The van der Waals surface area contributed by atoms with Gasteiger partial charge in [0, 0.05) is 22.5 Å². The Balaban J connectivity index is 5.18. The molecule has 0 aromatic carbocycles. The van der Waals surface area contributed by atoms with Crippen LogP contribution in [0, 0.1) is 0 Å². The Hall–Kier alpha value is -1.44. The molecule has 0 aliphatic heterocycles. The first-order valence-electron chi connectivity index (χ1n) is 8.55. The largest absolute Gasteiger partial charge is 0.380 e. The molecular weight excluding hydrogens is 268 g/mol. The fourth-order valence-electron chi connectivity index (χ4n) is 2.05. The van der Waals surface area contributed by atoms with Crippen molar-refractivity contribution in [1.29, 1.82) is 0 Å². The summed E-state index contributed by atoms with van der Waals surface area (Å²) in [6.07, 6.45) is 12.2. The highest BCUT2D eigenvalue weighted by Gasteiger charge is 2.20. The monoisotopic (exact) mass is 304 g/mol. The van der Waals surface area contributed by atoms with E-state index in [0.29, 0.717) is 0 Å². The first-order chi connectivity index (χ1) is 10.3. The molecule has 126 valence electrons. The second-order valence-electron chi connectivity index (χ2n) is 6.44. The normalized spacial score (nSPS) is 13.7. The molecule has 0 radical (unpaired) electrons. The molecule has 0 aromatic heterocycles. The number of hydrogen-bond acceptors (Lipinski definition) is 2. The minimum Gasteiger partial charge on any atom is -0.380 e. The van der Waals surface area contributed by atoms with Crippen molar-refractivity contribution >= 4 is 0 Å². The molecule has 2 nitrogen and oxygen atoms in total. The highest BCUT2D eigenvalue weighted by molar-refractivity contribution is 5.28. The zero-order chi connectivity index (χ0) is 17.2. The van der Waals surface area contributed by atoms with Crippen molar-refractivity contribution in [2.45, 2.75) is 78.3 Å². The van der Waals surface area contributed by atoms with Gasteiger partial charge in [-0.1, -0.05) is 40.9 Å². The van der Waals surface area contributed by atoms with Gasteiger partial charge in [-0.2, -0.15) is 0 Å². The van der Waals surface area contributed by atoms with E-state index in [1.807, 2.05) is 12.2 Å². The van der Waals surface area contributed by atoms with E-state index in [2.05, 4.69) is 77.5 Å². The van der Waals surface area contributed by atoms with Gasteiger partial charge in [-0.15, -0.1) is 0 Å². The number of rotatable bonds is 11. The summed E-state index contributed by atoms with van der Waals surface area (Å²) >= 11 is 0. The summed E-state index contributed by atoms with van der Waals surface area (Å²) in [5, 5.41) is 7.17. The van der Waals surface area contributed by atoms with Crippen LogP contribution in [0.25, 0.3) is 0 Å². The maximum Gasteiger partial charge on any atom is 0.0340 e. The van der Waals surface area contributed by atoms with E-state index in [-0.39, 0.29) is 11.1 Å². The Labute approximate surface area is 138 Å². The average Bonchev–Trinajstić information content (AvgIpc) is 2.56. The van der Waals surface area contributed by atoms with Crippen LogP contribution in [0.3, 0.4) is 0 Å². The van der Waals surface area contributed by atoms with E-state index in [4.69, 9.17) is 0 Å². The smallest absolute Gasteiger partial charge is 0.0340 e. The van der Waals surface area contributed by atoms with Gasteiger partial charge in [0.05, 0.1) is 0 Å². The van der Waals surface area contributed by atoms with Crippen molar-refractivity contribution in [1.82, 2.24) is 10.6 Å². The summed E-state index contributed by atoms with van der Waals surface area (Å²) in [7, 11) is 0. The number of nitrogens with one attached hydrogen (secondary N) is 2. The fraction of sp³-hybridized carbons (Fsp3) is 0.600. The van der Waals surface area contributed by atoms with E-state index in [0.717, 1.165) is 37.1 Å². The predicted octanol–water partition coefficient (Wildman–Crippen LogP) is 5.46. The van der Waals surface area contributed by atoms with E-state index >= 15 is 0 Å². The van der Waals surface area contributed by atoms with Crippen molar-refractivity contribution in [3.63, 3.8) is 0 Å². The number of allylic oxidation sites excluding steroid dienone is 4. The zero-order valence-corrected chi connectivity index (χ0v) is 15.6. The van der Waals surface area contributed by atoms with Crippen molar-refractivity contribution in [2.24, 2.45) is 0 Å². The minimum absolute atomic E-state index is 0.108. The van der Waals surface area contributed by atoms with Crippen LogP contribution in [0.2, 0.25) is 0 Å². The molecule has 2 N–H and O–H groups in total. The van der Waals surface area contributed by atoms with Crippen LogP contribution >= 0.6 is 0 Å². The summed E-state index contributed by atoms with van der Waals surface area (Å²) in [5.41, 5.74) is 2.30. The van der Waals surface area contributed by atoms with Crippen LogP contribution in [0.4, 0.5) is 0 Å². The molecular formula is C20H36N2. The van der Waals surface area contributed by atoms with Crippen LogP contribution in [0.5, 0.6) is 0 Å². The van der Waals surface area contributed by atoms with Crippen molar-refractivity contribution in [2.75, 3.05) is 0 Å². The van der Waals surface area contributed by atoms with E-state index in [9.17, 15) is 0 Å². The lowest BCUT2D eigenvalue weighted by atomic mass is 9.94. The second-order valence-corrected chi connectivity index (χ2v) is 6.44. The molecule has 0 saturated carbocycles. The van der Waals surface area contributed by atoms with Crippen LogP contribution in [0.1, 0.15) is 67.2 Å². The Morgan fingerprint density at radius 3 is 1.18 bits per heavy atom. The van der Waals surface area contributed by atoms with Crippen molar-refractivity contribution < 1.29 is 0 Å². The predicted molar refractivity (Wildman–Crippen MR) is 101 cm³/mol. The summed E-state index contributed by atoms with van der Waals surface area (Å²) in [6.45, 7) is 21.1. The summed E-state index contributed by atoms with van der Waals surface area (Å²) in [6, 6.07) is 0. The van der Waals surface area contributed by atoms with Crippen LogP contribution < -0.4 is 10.6 Å². The van der Waals surface area contributed by atoms with Gasteiger partial charge < -0.3 is 10.6 Å². The summed E-state index contributed by atoms with van der Waals surface area (Å²) < 4.78 is 0. The van der Waals surface area contributed by atoms with Crippen molar-refractivity contribution in [3.05, 3.63) is 48.9 Å². The molecule has 0 saturated heterocycles. The third-order valence-corrected chi connectivity index (χ3v) is 4.90. The number of hydrogen-bond donors (Lipinski definition) is 2. The van der Waals surface area contributed by atoms with Crippen LogP contribution in [-0.2, 0) is 0 Å². The topological polar surface area (TPSA) is 24.1 Å². The average molecular weight is 305 g/mol. The maximum absolute atomic E-state index is 3.92. The molecule has 0 amide bonds. The lowest BCUT2D eigenvalue weighted by molar-refractivity contribution is 0.365. The molecule has 22 heavy (non-hydrogen) atoms. The Morgan fingerprint density at radius 2 is 1.00 bits per heavy atom. The lowest BCUT2D eigenvalue weighted by Crippen LogP contribution is -2.40. The minimum atomic E-state index is 0.108. The van der Waals surface area contributed by atoms with Gasteiger partial charge in [0.25, 0.3) is 0 Å². The van der Waals surface area contributed by atoms with Gasteiger partial charge in [0.15, 0.2) is 0 Å². The zero-order valence-electron chi connectivity index (χ0n) is 15.6. The molecule has 0 fully saturated rings. The highest BCUT2D eigenvalue weighted by Crippen LogP contribution is 2.18. The molecule has 0 heterocycles. The molecule has 0 bridgehead atoms. The highest BCUT2D eigenvalue weighted by atomic mass is 15.0. The van der Waals surface area contributed by atoms with E-state index in [1.165, 1.54) is 0 Å². The van der Waals surface area contributed by atoms with Gasteiger partial charge in [-0.25, -0.2) is 0 Å². The Bertz CT molecular complexity index is 367. The Kier molecular flexibility index (Phi) is 8.93. The Morgan fingerprint density at radius 1 is 0.727 bits per heavy atom. The first kappa shape index (κ1) is 20.6. The van der Waals surface area contributed by atoms with Crippen LogP contribution in [-0.4, -0.2) is 11.1 Å². The van der Waals surface area contributed by atoms with Gasteiger partial charge >= 0.3 is 0 Å². The van der Waals surface area contributed by atoms with E-state index in [1.54, 1.807) is 0 Å². The molecule has 0 atom stereocenters. The third-order valence-electron chi connectivity index (χ3n) is 4.90. The molecule has 0 aliphatic rings. The van der Waals surface area contributed by atoms with Gasteiger partial charge in [-0.05, 0) is 63.8 Å². The van der Waals surface area contributed by atoms with Gasteiger partial charge in [0.2, 0.25) is 0 Å². The summed E-state index contributed by atoms with van der Waals surface area (Å²) in [4.78, 5) is 0. The summed E-state index contributed by atoms with van der Waals surface area (Å²) in [5.74, 6) is 0. The first-order valence-corrected chi connectivity index (χ1v) is 8.55. The van der Waals surface area contributed by atoms with Crippen molar-refractivity contribution in [3.8, 4) is 0 Å². The standard InChI is InChI=1S/C20H36N2/c1-9-17(21-19(7,11-3)12-4)15-16-18(10-2)22-20(8,13-5)14-6/h9-10,15-16,21-22H,1-2,11-14H2,3-8H3/b17-15+,18-16+. The molecule has 2 heteroatoms. The quantitative estimate of drug-likeness (QED) is 0.495. The SMILES string of the molecule is C=C/C(=C\C=C(/C=C)NC(C)(CC)CC)NC(C)(CC)CC.